The van der Waals surface area contributed by atoms with Crippen molar-refractivity contribution in [2.24, 2.45) is 0 Å². The van der Waals surface area contributed by atoms with Crippen molar-refractivity contribution in [1.82, 2.24) is 4.90 Å². The van der Waals surface area contributed by atoms with Gasteiger partial charge in [-0.2, -0.15) is 0 Å². The molecule has 0 saturated heterocycles. The summed E-state index contributed by atoms with van der Waals surface area (Å²) in [5.74, 6) is -0.611. The Balaban J connectivity index is 2.88. The van der Waals surface area contributed by atoms with Gasteiger partial charge in [0.15, 0.2) is 0 Å². The first-order chi connectivity index (χ1) is 9.15. The summed E-state index contributed by atoms with van der Waals surface area (Å²) in [6, 6.07) is 4.50. The minimum absolute atomic E-state index is 0.189. The number of nitrogens with one attached hydrogen (secondary N) is 1. The molecule has 4 nitrogen and oxygen atoms in total. The van der Waals surface area contributed by atoms with E-state index < -0.39 is 5.82 Å². The summed E-state index contributed by atoms with van der Waals surface area (Å²) in [6.07, 6.45) is 0. The number of likely N-dealkylation sites (N-methyl/N-ethyl adjacent to an activating group) is 1. The molecule has 0 aliphatic carbocycles. The number of anilines is 1. The highest BCUT2D eigenvalue weighted by Gasteiger charge is 2.19. The Bertz CT molecular complexity index is 424. The number of benzene rings is 1. The third kappa shape index (κ3) is 3.92. The molecule has 0 aliphatic heterocycles. The van der Waals surface area contributed by atoms with Crippen LogP contribution in [0.1, 0.15) is 24.2 Å². The molecule has 0 spiro atoms. The van der Waals surface area contributed by atoms with E-state index >= 15 is 0 Å². The molecule has 0 radical (unpaired) electrons. The largest absolute Gasteiger partial charge is 0.385 e. The van der Waals surface area contributed by atoms with Gasteiger partial charge in [-0.05, 0) is 26.0 Å². The molecule has 0 aliphatic rings. The van der Waals surface area contributed by atoms with Crippen molar-refractivity contribution in [3.8, 4) is 0 Å². The van der Waals surface area contributed by atoms with Crippen LogP contribution in [0.25, 0.3) is 0 Å². The minimum Gasteiger partial charge on any atom is -0.385 e. The fraction of sp³-hybridized carbons (Fsp3) is 0.500. The van der Waals surface area contributed by atoms with Crippen LogP contribution in [0.15, 0.2) is 18.2 Å². The van der Waals surface area contributed by atoms with Crippen LogP contribution in [0.4, 0.5) is 10.1 Å². The van der Waals surface area contributed by atoms with Crippen molar-refractivity contribution in [1.29, 1.82) is 0 Å². The average molecular weight is 268 g/mol. The van der Waals surface area contributed by atoms with E-state index in [-0.39, 0.29) is 11.6 Å². The second kappa shape index (κ2) is 7.74. The van der Waals surface area contributed by atoms with Gasteiger partial charge in [-0.15, -0.1) is 0 Å². The number of halogens is 1. The van der Waals surface area contributed by atoms with Crippen molar-refractivity contribution in [3.05, 3.63) is 29.6 Å². The van der Waals surface area contributed by atoms with Gasteiger partial charge in [0.2, 0.25) is 0 Å². The molecule has 0 atom stereocenters. The fourth-order valence-electron chi connectivity index (χ4n) is 1.85. The second-order valence-corrected chi connectivity index (χ2v) is 3.99. The highest BCUT2D eigenvalue weighted by atomic mass is 19.1. The van der Waals surface area contributed by atoms with Crippen molar-refractivity contribution in [2.75, 3.05) is 38.7 Å². The third-order valence-electron chi connectivity index (χ3n) is 2.87. The van der Waals surface area contributed by atoms with Crippen molar-refractivity contribution < 1.29 is 13.9 Å². The number of hydrogen-bond acceptors (Lipinski definition) is 3. The first kappa shape index (κ1) is 15.4. The maximum absolute atomic E-state index is 13.6. The number of carbonyl (C=O) groups excluding carboxylic acids is 1. The Morgan fingerprint density at radius 1 is 1.42 bits per heavy atom. The van der Waals surface area contributed by atoms with Gasteiger partial charge >= 0.3 is 0 Å². The molecule has 1 aromatic carbocycles. The maximum atomic E-state index is 13.6. The standard InChI is InChI=1S/C14H21FN2O2/c1-4-17(9-10-19-5-2)14(18)11-7-6-8-12(15)13(11)16-3/h6-8,16H,4-5,9-10H2,1-3H3. The topological polar surface area (TPSA) is 41.6 Å². The number of rotatable bonds is 7. The number of carbonyl (C=O) groups is 1. The summed E-state index contributed by atoms with van der Waals surface area (Å²) in [5.41, 5.74) is 0.586. The zero-order chi connectivity index (χ0) is 14.3. The van der Waals surface area contributed by atoms with Crippen molar-refractivity contribution in [3.63, 3.8) is 0 Å². The van der Waals surface area contributed by atoms with E-state index in [1.807, 2.05) is 13.8 Å². The monoisotopic (exact) mass is 268 g/mol. The summed E-state index contributed by atoms with van der Waals surface area (Å²) in [6.45, 7) is 5.97. The lowest BCUT2D eigenvalue weighted by Gasteiger charge is -2.22. The molecule has 0 saturated carbocycles. The van der Waals surface area contributed by atoms with Crippen LogP contribution in [-0.4, -0.2) is 44.2 Å². The lowest BCUT2D eigenvalue weighted by molar-refractivity contribution is 0.0669. The smallest absolute Gasteiger partial charge is 0.256 e. The molecule has 0 bridgehead atoms. The predicted octanol–water partition coefficient (Wildman–Crippen LogP) is 2.37. The Morgan fingerprint density at radius 2 is 2.16 bits per heavy atom. The number of hydrogen-bond donors (Lipinski definition) is 1. The number of amides is 1. The van der Waals surface area contributed by atoms with Gasteiger partial charge in [0.1, 0.15) is 5.82 Å². The second-order valence-electron chi connectivity index (χ2n) is 3.99. The molecule has 1 N–H and O–H groups in total. The average Bonchev–Trinajstić information content (AvgIpc) is 2.42. The van der Waals surface area contributed by atoms with Crippen LogP contribution in [0.2, 0.25) is 0 Å². The fourth-order valence-corrected chi connectivity index (χ4v) is 1.85. The lowest BCUT2D eigenvalue weighted by atomic mass is 10.1. The molecule has 1 rings (SSSR count). The highest BCUT2D eigenvalue weighted by Crippen LogP contribution is 2.20. The van der Waals surface area contributed by atoms with Crippen LogP contribution in [-0.2, 0) is 4.74 Å². The molecule has 0 unspecified atom stereocenters. The Morgan fingerprint density at radius 3 is 2.74 bits per heavy atom. The molecule has 0 aromatic heterocycles. The Labute approximate surface area is 113 Å². The van der Waals surface area contributed by atoms with Gasteiger partial charge < -0.3 is 15.0 Å². The number of para-hydroxylation sites is 1. The van der Waals surface area contributed by atoms with E-state index in [9.17, 15) is 9.18 Å². The third-order valence-corrected chi connectivity index (χ3v) is 2.87. The van der Waals surface area contributed by atoms with Gasteiger partial charge in [-0.1, -0.05) is 6.07 Å². The normalized spacial score (nSPS) is 10.3. The summed E-state index contributed by atoms with van der Waals surface area (Å²) in [7, 11) is 1.60. The van der Waals surface area contributed by atoms with Gasteiger partial charge in [0.25, 0.3) is 5.91 Å². The molecule has 1 aromatic rings. The SMILES string of the molecule is CCOCCN(CC)C(=O)c1cccc(F)c1NC. The van der Waals surface area contributed by atoms with E-state index in [1.165, 1.54) is 6.07 Å². The van der Waals surface area contributed by atoms with Gasteiger partial charge in [-0.25, -0.2) is 4.39 Å². The molecule has 5 heteroatoms. The van der Waals surface area contributed by atoms with Crippen molar-refractivity contribution >= 4 is 11.6 Å². The number of ether oxygens (including phenoxy) is 1. The number of nitrogens with zero attached hydrogens (tertiary/aromatic N) is 1. The zero-order valence-corrected chi connectivity index (χ0v) is 11.7. The first-order valence-corrected chi connectivity index (χ1v) is 6.48. The van der Waals surface area contributed by atoms with E-state index in [0.717, 1.165) is 0 Å². The molecular weight excluding hydrogens is 247 g/mol. The molecule has 106 valence electrons. The molecular formula is C14H21FN2O2. The van der Waals surface area contributed by atoms with Gasteiger partial charge in [0.05, 0.1) is 17.9 Å². The minimum atomic E-state index is -0.422. The van der Waals surface area contributed by atoms with Crippen LogP contribution >= 0.6 is 0 Å². The highest BCUT2D eigenvalue weighted by molar-refractivity contribution is 5.99. The lowest BCUT2D eigenvalue weighted by Crippen LogP contribution is -2.34. The molecule has 0 fully saturated rings. The zero-order valence-electron chi connectivity index (χ0n) is 11.7. The van der Waals surface area contributed by atoms with Crippen molar-refractivity contribution in [2.45, 2.75) is 13.8 Å². The van der Waals surface area contributed by atoms with Crippen LogP contribution in [0.5, 0.6) is 0 Å². The molecule has 0 heterocycles. The summed E-state index contributed by atoms with van der Waals surface area (Å²) >= 11 is 0. The van der Waals surface area contributed by atoms with E-state index in [4.69, 9.17) is 4.74 Å². The van der Waals surface area contributed by atoms with Crippen LogP contribution in [0.3, 0.4) is 0 Å². The van der Waals surface area contributed by atoms with E-state index in [2.05, 4.69) is 5.32 Å². The Kier molecular flexibility index (Phi) is 6.29. The van der Waals surface area contributed by atoms with Gasteiger partial charge in [-0.3, -0.25) is 4.79 Å². The summed E-state index contributed by atoms with van der Waals surface area (Å²) in [4.78, 5) is 14.0. The predicted molar refractivity (Wildman–Crippen MR) is 74.0 cm³/mol. The Hall–Kier alpha value is -1.62. The summed E-state index contributed by atoms with van der Waals surface area (Å²) in [5, 5.41) is 2.74. The summed E-state index contributed by atoms with van der Waals surface area (Å²) < 4.78 is 18.9. The van der Waals surface area contributed by atoms with E-state index in [1.54, 1.807) is 24.1 Å². The molecule has 19 heavy (non-hydrogen) atoms. The quantitative estimate of drug-likeness (QED) is 0.772. The first-order valence-electron chi connectivity index (χ1n) is 6.48. The van der Waals surface area contributed by atoms with Crippen LogP contribution in [0, 0.1) is 5.82 Å². The van der Waals surface area contributed by atoms with Crippen LogP contribution < -0.4 is 5.32 Å². The molecule has 1 amide bonds. The van der Waals surface area contributed by atoms with Gasteiger partial charge in [0, 0.05) is 26.7 Å². The van der Waals surface area contributed by atoms with E-state index in [0.29, 0.717) is 31.9 Å². The maximum Gasteiger partial charge on any atom is 0.256 e.